The van der Waals surface area contributed by atoms with Crippen LogP contribution in [0.15, 0.2) is 35.3 Å². The van der Waals surface area contributed by atoms with Crippen LogP contribution in [0, 0.1) is 13.8 Å². The smallest absolute Gasteiger partial charge is 0.130 e. The van der Waals surface area contributed by atoms with Gasteiger partial charge in [-0.1, -0.05) is 23.2 Å². The summed E-state index contributed by atoms with van der Waals surface area (Å²) in [5, 5.41) is 1.09. The van der Waals surface area contributed by atoms with Crippen molar-refractivity contribution in [1.82, 2.24) is 4.90 Å². The Hall–Kier alpha value is -1.71. The molecule has 2 rings (SSSR count). The first-order chi connectivity index (χ1) is 10.9. The summed E-state index contributed by atoms with van der Waals surface area (Å²) in [7, 11) is 1.99. The van der Waals surface area contributed by atoms with Gasteiger partial charge in [0.1, 0.15) is 11.5 Å². The third-order valence-corrected chi connectivity index (χ3v) is 3.89. The van der Waals surface area contributed by atoms with Gasteiger partial charge in [0.2, 0.25) is 0 Å². The van der Waals surface area contributed by atoms with E-state index in [2.05, 4.69) is 11.9 Å². The minimum Gasteiger partial charge on any atom is -0.457 e. The third-order valence-electron chi connectivity index (χ3n) is 3.45. The van der Waals surface area contributed by atoms with Crippen molar-refractivity contribution in [3.8, 4) is 11.5 Å². The van der Waals surface area contributed by atoms with E-state index in [0.29, 0.717) is 15.8 Å². The van der Waals surface area contributed by atoms with E-state index in [1.165, 1.54) is 0 Å². The summed E-state index contributed by atoms with van der Waals surface area (Å²) in [6.07, 6.45) is 1.83. The standard InChI is InChI=1S/C18H20Cl2N2O/c1-5-22(4)11-21-17-6-13(3)18(7-12(17)2)23-16-9-14(19)8-15(20)10-16/h6-11H,5H2,1-4H3. The molecule has 0 bridgehead atoms. The second-order valence-corrected chi connectivity index (χ2v) is 6.30. The average Bonchev–Trinajstić information content (AvgIpc) is 2.47. The van der Waals surface area contributed by atoms with Crippen LogP contribution in [-0.2, 0) is 0 Å². The minimum absolute atomic E-state index is 0.547. The average molecular weight is 351 g/mol. The molecular weight excluding hydrogens is 331 g/mol. The van der Waals surface area contributed by atoms with Crippen LogP contribution >= 0.6 is 23.2 Å². The number of nitrogens with zero attached hydrogens (tertiary/aromatic N) is 2. The van der Waals surface area contributed by atoms with Gasteiger partial charge in [-0.3, -0.25) is 0 Å². The Morgan fingerprint density at radius 3 is 2.30 bits per heavy atom. The van der Waals surface area contributed by atoms with Gasteiger partial charge >= 0.3 is 0 Å². The number of halogens is 2. The molecule has 2 aromatic carbocycles. The zero-order valence-corrected chi connectivity index (χ0v) is 15.2. The number of hydrogen-bond donors (Lipinski definition) is 0. The molecule has 0 aromatic heterocycles. The van der Waals surface area contributed by atoms with Gasteiger partial charge in [0.05, 0.1) is 12.0 Å². The van der Waals surface area contributed by atoms with Crippen LogP contribution in [0.2, 0.25) is 10.0 Å². The minimum atomic E-state index is 0.547. The number of benzene rings is 2. The first-order valence-electron chi connectivity index (χ1n) is 7.38. The van der Waals surface area contributed by atoms with E-state index in [-0.39, 0.29) is 0 Å². The lowest BCUT2D eigenvalue weighted by Crippen LogP contribution is -2.14. The number of aliphatic imine (C=N–C) groups is 1. The highest BCUT2D eigenvalue weighted by molar-refractivity contribution is 6.34. The van der Waals surface area contributed by atoms with Crippen molar-refractivity contribution >= 4 is 35.2 Å². The van der Waals surface area contributed by atoms with Crippen LogP contribution in [0.5, 0.6) is 11.5 Å². The molecule has 3 nitrogen and oxygen atoms in total. The molecule has 122 valence electrons. The molecular formula is C18H20Cl2N2O. The molecule has 0 amide bonds. The van der Waals surface area contributed by atoms with Gasteiger partial charge in [-0.2, -0.15) is 0 Å². The van der Waals surface area contributed by atoms with Crippen molar-refractivity contribution in [2.45, 2.75) is 20.8 Å². The van der Waals surface area contributed by atoms with Crippen molar-refractivity contribution in [2.24, 2.45) is 4.99 Å². The summed E-state index contributed by atoms with van der Waals surface area (Å²) in [5.41, 5.74) is 2.97. The summed E-state index contributed by atoms with van der Waals surface area (Å²) in [6, 6.07) is 9.14. The quantitative estimate of drug-likeness (QED) is 0.486. The molecule has 2 aromatic rings. The molecule has 0 atom stereocenters. The highest BCUT2D eigenvalue weighted by atomic mass is 35.5. The van der Waals surface area contributed by atoms with Gasteiger partial charge in [-0.25, -0.2) is 4.99 Å². The molecule has 0 saturated heterocycles. The first kappa shape index (κ1) is 17.6. The maximum atomic E-state index is 6.01. The Bertz CT molecular complexity index is 709. The fraction of sp³-hybridized carbons (Fsp3) is 0.278. The van der Waals surface area contributed by atoms with E-state index >= 15 is 0 Å². The lowest BCUT2D eigenvalue weighted by atomic mass is 10.1. The van der Waals surface area contributed by atoms with Gasteiger partial charge in [0.25, 0.3) is 0 Å². The number of hydrogen-bond acceptors (Lipinski definition) is 2. The lowest BCUT2D eigenvalue weighted by Gasteiger charge is -2.13. The van der Waals surface area contributed by atoms with Gasteiger partial charge in [-0.05, 0) is 62.2 Å². The highest BCUT2D eigenvalue weighted by Gasteiger charge is 2.07. The number of aryl methyl sites for hydroxylation is 2. The molecule has 5 heteroatoms. The van der Waals surface area contributed by atoms with Crippen LogP contribution in [0.1, 0.15) is 18.1 Å². The second kappa shape index (κ2) is 7.71. The lowest BCUT2D eigenvalue weighted by molar-refractivity contribution is 0.478. The van der Waals surface area contributed by atoms with Crippen molar-refractivity contribution in [3.63, 3.8) is 0 Å². The molecule has 0 fully saturated rings. The molecule has 0 aliphatic carbocycles. The second-order valence-electron chi connectivity index (χ2n) is 5.43. The predicted octanol–water partition coefficient (Wildman–Crippen LogP) is 6.01. The third kappa shape index (κ3) is 4.88. The summed E-state index contributed by atoms with van der Waals surface area (Å²) in [6.45, 7) is 6.99. The first-order valence-corrected chi connectivity index (χ1v) is 8.14. The van der Waals surface area contributed by atoms with Crippen molar-refractivity contribution in [2.75, 3.05) is 13.6 Å². The van der Waals surface area contributed by atoms with Crippen molar-refractivity contribution in [1.29, 1.82) is 0 Å². The molecule has 23 heavy (non-hydrogen) atoms. The summed E-state index contributed by atoms with van der Waals surface area (Å²) >= 11 is 12.0. The fourth-order valence-electron chi connectivity index (χ4n) is 1.98. The van der Waals surface area contributed by atoms with Gasteiger partial charge < -0.3 is 9.64 Å². The van der Waals surface area contributed by atoms with E-state index in [1.54, 1.807) is 18.2 Å². The van der Waals surface area contributed by atoms with E-state index in [9.17, 15) is 0 Å². The Labute approximate surface area is 147 Å². The summed E-state index contributed by atoms with van der Waals surface area (Å²) in [4.78, 5) is 6.54. The molecule has 0 aliphatic rings. The number of ether oxygens (including phenoxy) is 1. The molecule has 0 N–H and O–H groups in total. The topological polar surface area (TPSA) is 24.8 Å². The van der Waals surface area contributed by atoms with Crippen LogP contribution < -0.4 is 4.74 Å². The fourth-order valence-corrected chi connectivity index (χ4v) is 2.49. The Kier molecular flexibility index (Phi) is 5.91. The van der Waals surface area contributed by atoms with Crippen LogP contribution in [0.25, 0.3) is 0 Å². The van der Waals surface area contributed by atoms with Gasteiger partial charge in [0.15, 0.2) is 0 Å². The zero-order chi connectivity index (χ0) is 17.0. The van der Waals surface area contributed by atoms with Crippen LogP contribution in [0.3, 0.4) is 0 Å². The van der Waals surface area contributed by atoms with Crippen molar-refractivity contribution < 1.29 is 4.74 Å². The summed E-state index contributed by atoms with van der Waals surface area (Å²) in [5.74, 6) is 1.38. The normalized spacial score (nSPS) is 11.0. The molecule has 0 heterocycles. The maximum absolute atomic E-state index is 6.01. The van der Waals surface area contributed by atoms with Crippen LogP contribution in [0.4, 0.5) is 5.69 Å². The van der Waals surface area contributed by atoms with E-state index in [1.807, 2.05) is 44.3 Å². The van der Waals surface area contributed by atoms with Crippen molar-refractivity contribution in [3.05, 3.63) is 51.5 Å². The molecule has 0 spiro atoms. The highest BCUT2D eigenvalue weighted by Crippen LogP contribution is 2.33. The monoisotopic (exact) mass is 350 g/mol. The van der Waals surface area contributed by atoms with Crippen LogP contribution in [-0.4, -0.2) is 24.8 Å². The van der Waals surface area contributed by atoms with E-state index < -0.39 is 0 Å². The summed E-state index contributed by atoms with van der Waals surface area (Å²) < 4.78 is 5.92. The largest absolute Gasteiger partial charge is 0.457 e. The molecule has 0 aliphatic heterocycles. The number of rotatable bonds is 5. The zero-order valence-electron chi connectivity index (χ0n) is 13.7. The molecule has 0 saturated carbocycles. The van der Waals surface area contributed by atoms with E-state index in [0.717, 1.165) is 29.1 Å². The Balaban J connectivity index is 2.27. The van der Waals surface area contributed by atoms with Gasteiger partial charge in [0, 0.05) is 23.6 Å². The maximum Gasteiger partial charge on any atom is 0.130 e. The van der Waals surface area contributed by atoms with E-state index in [4.69, 9.17) is 27.9 Å². The molecule has 0 unspecified atom stereocenters. The predicted molar refractivity (Wildman–Crippen MR) is 98.9 cm³/mol. The Morgan fingerprint density at radius 2 is 1.70 bits per heavy atom. The SMILES string of the molecule is CCN(C)C=Nc1cc(C)c(Oc2cc(Cl)cc(Cl)c2)cc1C. The van der Waals surface area contributed by atoms with Gasteiger partial charge in [-0.15, -0.1) is 0 Å². The molecule has 0 radical (unpaired) electrons. The Morgan fingerprint density at radius 1 is 1.04 bits per heavy atom.